The van der Waals surface area contributed by atoms with Crippen LogP contribution in [0.5, 0.6) is 0 Å². The normalized spacial score (nSPS) is 16.9. The molecule has 0 atom stereocenters. The van der Waals surface area contributed by atoms with Gasteiger partial charge in [0, 0.05) is 32.2 Å². The van der Waals surface area contributed by atoms with Crippen LogP contribution in [-0.4, -0.2) is 30.3 Å². The number of hydrogen-bond acceptors (Lipinski definition) is 3. The van der Waals surface area contributed by atoms with Crippen LogP contribution >= 0.6 is 0 Å². The van der Waals surface area contributed by atoms with Gasteiger partial charge in [-0.15, -0.1) is 0 Å². The van der Waals surface area contributed by atoms with Crippen LogP contribution in [0, 0.1) is 5.41 Å². The maximum Gasteiger partial charge on any atom is 0.403 e. The van der Waals surface area contributed by atoms with Crippen LogP contribution in [0.15, 0.2) is 48.8 Å². The van der Waals surface area contributed by atoms with Gasteiger partial charge in [0.15, 0.2) is 0 Å². The van der Waals surface area contributed by atoms with Crippen molar-refractivity contribution in [3.8, 4) is 11.1 Å². The number of pyridine rings is 1. The van der Waals surface area contributed by atoms with E-state index in [9.17, 15) is 18.0 Å². The van der Waals surface area contributed by atoms with Crippen LogP contribution in [0.4, 0.5) is 13.2 Å². The zero-order valence-corrected chi connectivity index (χ0v) is 14.1. The number of carbonyl (C=O) groups is 1. The van der Waals surface area contributed by atoms with Crippen molar-refractivity contribution in [2.45, 2.75) is 25.6 Å². The molecule has 0 radical (unpaired) electrons. The van der Waals surface area contributed by atoms with Gasteiger partial charge in [-0.25, -0.2) is 0 Å². The predicted octanol–water partition coefficient (Wildman–Crippen LogP) is 3.72. The Morgan fingerprint density at radius 3 is 2.19 bits per heavy atom. The monoisotopic (exact) mass is 364 g/mol. The molecule has 2 heterocycles. The number of hydrogen-bond donors (Lipinski definition) is 1. The maximum atomic E-state index is 13.5. The third kappa shape index (κ3) is 3.72. The number of nitrogens with zero attached hydrogens (tertiary/aromatic N) is 1. The molecule has 138 valence electrons. The van der Waals surface area contributed by atoms with Gasteiger partial charge in [0.2, 0.25) is 5.91 Å². The fraction of sp³-hybridized carbons (Fsp3) is 0.368. The Kier molecular flexibility index (Phi) is 5.27. The van der Waals surface area contributed by atoms with E-state index >= 15 is 0 Å². The maximum absolute atomic E-state index is 13.5. The highest BCUT2D eigenvalue weighted by Crippen LogP contribution is 2.46. The first-order valence-electron chi connectivity index (χ1n) is 8.34. The van der Waals surface area contributed by atoms with Crippen molar-refractivity contribution in [2.75, 3.05) is 13.2 Å². The molecule has 3 rings (SSSR count). The van der Waals surface area contributed by atoms with E-state index in [1.54, 1.807) is 24.5 Å². The van der Waals surface area contributed by atoms with Gasteiger partial charge >= 0.3 is 6.18 Å². The lowest BCUT2D eigenvalue weighted by atomic mass is 9.78. The molecule has 0 bridgehead atoms. The molecule has 1 saturated heterocycles. The predicted molar refractivity (Wildman–Crippen MR) is 90.1 cm³/mol. The second kappa shape index (κ2) is 7.45. The van der Waals surface area contributed by atoms with Crippen molar-refractivity contribution >= 4 is 5.91 Å². The Balaban J connectivity index is 1.67. The molecule has 1 fully saturated rings. The molecule has 0 aliphatic carbocycles. The minimum atomic E-state index is -4.59. The number of ether oxygens (including phenoxy) is 1. The van der Waals surface area contributed by atoms with Crippen molar-refractivity contribution in [3.63, 3.8) is 0 Å². The van der Waals surface area contributed by atoms with Crippen LogP contribution in [0.1, 0.15) is 18.4 Å². The van der Waals surface area contributed by atoms with Gasteiger partial charge in [0.05, 0.1) is 0 Å². The Labute approximate surface area is 149 Å². The Bertz CT molecular complexity index is 740. The zero-order chi connectivity index (χ0) is 18.6. The second-order valence-electron chi connectivity index (χ2n) is 6.31. The summed E-state index contributed by atoms with van der Waals surface area (Å²) in [5.74, 6) is -0.980. The van der Waals surface area contributed by atoms with Gasteiger partial charge in [-0.2, -0.15) is 13.2 Å². The van der Waals surface area contributed by atoms with Crippen molar-refractivity contribution in [2.24, 2.45) is 5.41 Å². The van der Waals surface area contributed by atoms with Gasteiger partial charge < -0.3 is 10.1 Å². The number of halogens is 3. The van der Waals surface area contributed by atoms with Gasteiger partial charge in [0.1, 0.15) is 5.41 Å². The van der Waals surface area contributed by atoms with Crippen molar-refractivity contribution < 1.29 is 22.7 Å². The molecule has 1 amide bonds. The number of amides is 1. The SMILES string of the molecule is O=C(NCc1ccc(-c2ccncc2)cc1)C1(C(F)(F)F)CCOCC1. The van der Waals surface area contributed by atoms with Crippen LogP contribution < -0.4 is 5.32 Å². The third-order valence-electron chi connectivity index (χ3n) is 4.74. The lowest BCUT2D eigenvalue weighted by Gasteiger charge is -2.37. The number of aromatic nitrogens is 1. The summed E-state index contributed by atoms with van der Waals surface area (Å²) in [6.07, 6.45) is -1.90. The minimum absolute atomic E-state index is 0.0497. The van der Waals surface area contributed by atoms with Gasteiger partial charge in [-0.1, -0.05) is 24.3 Å². The quantitative estimate of drug-likeness (QED) is 0.900. The first-order valence-corrected chi connectivity index (χ1v) is 8.34. The Morgan fingerprint density at radius 2 is 1.62 bits per heavy atom. The lowest BCUT2D eigenvalue weighted by molar-refractivity contribution is -0.239. The number of alkyl halides is 3. The van der Waals surface area contributed by atoms with Crippen LogP contribution in [0.3, 0.4) is 0 Å². The first kappa shape index (κ1) is 18.4. The molecule has 1 aliphatic rings. The Hall–Kier alpha value is -2.41. The van der Waals surface area contributed by atoms with Gasteiger partial charge in [-0.05, 0) is 41.7 Å². The van der Waals surface area contributed by atoms with E-state index in [0.29, 0.717) is 0 Å². The molecule has 1 aromatic carbocycles. The smallest absolute Gasteiger partial charge is 0.381 e. The fourth-order valence-corrected chi connectivity index (χ4v) is 3.07. The number of nitrogens with one attached hydrogen (secondary N) is 1. The average molecular weight is 364 g/mol. The highest BCUT2D eigenvalue weighted by atomic mass is 19.4. The average Bonchev–Trinajstić information content (AvgIpc) is 2.67. The number of benzene rings is 1. The summed E-state index contributed by atoms with van der Waals surface area (Å²) in [6.45, 7) is -0.0741. The van der Waals surface area contributed by atoms with Crippen LogP contribution in [-0.2, 0) is 16.1 Å². The van der Waals surface area contributed by atoms with Crippen molar-refractivity contribution in [3.05, 3.63) is 54.4 Å². The lowest BCUT2D eigenvalue weighted by Crippen LogP contribution is -2.53. The molecule has 1 N–H and O–H groups in total. The Morgan fingerprint density at radius 1 is 1.04 bits per heavy atom. The van der Waals surface area contributed by atoms with E-state index in [-0.39, 0.29) is 32.6 Å². The largest absolute Gasteiger partial charge is 0.403 e. The standard InChI is InChI=1S/C19H19F3N2O2/c20-19(21,22)18(7-11-26-12-8-18)17(25)24-13-14-1-3-15(4-2-14)16-5-9-23-10-6-16/h1-6,9-10H,7-8,11-13H2,(H,24,25). The molecule has 1 aliphatic heterocycles. The molecule has 0 saturated carbocycles. The fourth-order valence-electron chi connectivity index (χ4n) is 3.07. The van der Waals surface area contributed by atoms with E-state index in [1.165, 1.54) is 0 Å². The second-order valence-corrected chi connectivity index (χ2v) is 6.31. The van der Waals surface area contributed by atoms with E-state index < -0.39 is 17.5 Å². The molecule has 1 aromatic heterocycles. The first-order chi connectivity index (χ1) is 12.4. The van der Waals surface area contributed by atoms with E-state index in [1.807, 2.05) is 24.3 Å². The van der Waals surface area contributed by atoms with E-state index in [2.05, 4.69) is 10.3 Å². The summed E-state index contributed by atoms with van der Waals surface area (Å²) in [5, 5.41) is 2.45. The summed E-state index contributed by atoms with van der Waals surface area (Å²) in [5.41, 5.74) is 0.343. The molecule has 26 heavy (non-hydrogen) atoms. The van der Waals surface area contributed by atoms with Crippen molar-refractivity contribution in [1.82, 2.24) is 10.3 Å². The van der Waals surface area contributed by atoms with Gasteiger partial charge in [-0.3, -0.25) is 9.78 Å². The molecular weight excluding hydrogens is 345 g/mol. The molecular formula is C19H19F3N2O2. The molecule has 0 unspecified atom stereocenters. The van der Waals surface area contributed by atoms with Gasteiger partial charge in [0.25, 0.3) is 0 Å². The highest BCUT2D eigenvalue weighted by molar-refractivity contribution is 5.83. The third-order valence-corrected chi connectivity index (χ3v) is 4.74. The summed E-state index contributed by atoms with van der Waals surface area (Å²) >= 11 is 0. The molecule has 2 aromatic rings. The van der Waals surface area contributed by atoms with E-state index in [4.69, 9.17) is 4.74 Å². The van der Waals surface area contributed by atoms with Crippen LogP contribution in [0.2, 0.25) is 0 Å². The van der Waals surface area contributed by atoms with E-state index in [0.717, 1.165) is 16.7 Å². The highest BCUT2D eigenvalue weighted by Gasteiger charge is 2.60. The molecule has 4 nitrogen and oxygen atoms in total. The summed E-state index contributed by atoms with van der Waals surface area (Å²) in [7, 11) is 0. The minimum Gasteiger partial charge on any atom is -0.381 e. The van der Waals surface area contributed by atoms with Crippen LogP contribution in [0.25, 0.3) is 11.1 Å². The molecule has 0 spiro atoms. The zero-order valence-electron chi connectivity index (χ0n) is 14.1. The number of carbonyl (C=O) groups excluding carboxylic acids is 1. The number of rotatable bonds is 4. The summed E-state index contributed by atoms with van der Waals surface area (Å²) < 4.78 is 45.5. The van der Waals surface area contributed by atoms with Crippen molar-refractivity contribution in [1.29, 1.82) is 0 Å². The molecule has 7 heteroatoms. The summed E-state index contributed by atoms with van der Waals surface area (Å²) in [4.78, 5) is 16.3. The topological polar surface area (TPSA) is 51.2 Å². The summed E-state index contributed by atoms with van der Waals surface area (Å²) in [6, 6.07) is 11.1.